The monoisotopic (exact) mass is 359 g/mol. The summed E-state index contributed by atoms with van der Waals surface area (Å²) < 4.78 is 5.63. The molecule has 0 spiro atoms. The van der Waals surface area contributed by atoms with Gasteiger partial charge in [-0.25, -0.2) is 4.98 Å². The van der Waals surface area contributed by atoms with Gasteiger partial charge in [0.05, 0.1) is 5.69 Å². The third-order valence-electron chi connectivity index (χ3n) is 4.57. The van der Waals surface area contributed by atoms with Gasteiger partial charge >= 0.3 is 0 Å². The first-order chi connectivity index (χ1) is 13.3. The van der Waals surface area contributed by atoms with Crippen LogP contribution in [0.15, 0.2) is 79.0 Å². The number of carbonyl (C=O) groups is 1. The maximum absolute atomic E-state index is 12.8. The second kappa shape index (κ2) is 7.91. The Labute approximate surface area is 158 Å². The van der Waals surface area contributed by atoms with Crippen LogP contribution in [0.4, 0.5) is 11.5 Å². The van der Waals surface area contributed by atoms with Crippen LogP contribution in [0.1, 0.15) is 5.56 Å². The Kier molecular flexibility index (Phi) is 5.01. The zero-order valence-electron chi connectivity index (χ0n) is 15.0. The number of anilines is 2. The summed E-state index contributed by atoms with van der Waals surface area (Å²) in [6.45, 7) is 2.13. The molecule has 2 heterocycles. The number of benzene rings is 2. The van der Waals surface area contributed by atoms with Crippen LogP contribution in [0.25, 0.3) is 0 Å². The first-order valence-electron chi connectivity index (χ1n) is 9.03. The molecule has 1 amide bonds. The average molecular weight is 359 g/mol. The zero-order valence-corrected chi connectivity index (χ0v) is 15.0. The molecule has 136 valence electrons. The lowest BCUT2D eigenvalue weighted by Crippen LogP contribution is -2.46. The van der Waals surface area contributed by atoms with Crippen LogP contribution < -0.4 is 14.5 Å². The molecule has 4 rings (SSSR count). The number of fused-ring (bicyclic) bond motifs is 1. The van der Waals surface area contributed by atoms with E-state index in [0.29, 0.717) is 12.3 Å². The van der Waals surface area contributed by atoms with Gasteiger partial charge in [-0.15, -0.1) is 0 Å². The second-order valence-electron chi connectivity index (χ2n) is 6.40. The van der Waals surface area contributed by atoms with Crippen LogP contribution in [0.5, 0.6) is 5.75 Å². The second-order valence-corrected chi connectivity index (χ2v) is 6.40. The minimum Gasteiger partial charge on any atom is -0.484 e. The molecule has 0 saturated heterocycles. The van der Waals surface area contributed by atoms with Crippen LogP contribution in [-0.4, -0.2) is 30.6 Å². The number of aromatic nitrogens is 1. The van der Waals surface area contributed by atoms with Crippen LogP contribution in [0, 0.1) is 0 Å². The van der Waals surface area contributed by atoms with Crippen molar-refractivity contribution < 1.29 is 9.53 Å². The van der Waals surface area contributed by atoms with Crippen LogP contribution in [0.2, 0.25) is 0 Å². The van der Waals surface area contributed by atoms with Crippen molar-refractivity contribution in [2.24, 2.45) is 0 Å². The fraction of sp³-hybridized carbons (Fsp3) is 0.182. The summed E-state index contributed by atoms with van der Waals surface area (Å²) in [7, 11) is 0. The van der Waals surface area contributed by atoms with E-state index in [-0.39, 0.29) is 12.5 Å². The topological polar surface area (TPSA) is 45.7 Å². The molecular formula is C22H21N3O2. The van der Waals surface area contributed by atoms with Gasteiger partial charge in [-0.05, 0) is 29.8 Å². The summed E-state index contributed by atoms with van der Waals surface area (Å²) in [6.07, 6.45) is 1.77. The summed E-state index contributed by atoms with van der Waals surface area (Å²) in [6, 6.07) is 23.5. The number of hydrogen-bond donors (Lipinski definition) is 0. The lowest BCUT2D eigenvalue weighted by molar-refractivity contribution is -0.120. The molecule has 5 heteroatoms. The molecule has 5 nitrogen and oxygen atoms in total. The van der Waals surface area contributed by atoms with Crippen molar-refractivity contribution in [1.82, 2.24) is 4.98 Å². The number of ether oxygens (including phenoxy) is 1. The van der Waals surface area contributed by atoms with Crippen molar-refractivity contribution in [2.75, 3.05) is 29.5 Å². The van der Waals surface area contributed by atoms with Crippen molar-refractivity contribution in [2.45, 2.75) is 6.54 Å². The zero-order chi connectivity index (χ0) is 18.5. The van der Waals surface area contributed by atoms with E-state index in [0.717, 1.165) is 24.6 Å². The van der Waals surface area contributed by atoms with Crippen molar-refractivity contribution in [3.63, 3.8) is 0 Å². The number of pyridine rings is 1. The molecule has 0 aliphatic carbocycles. The predicted octanol–water partition coefficient (Wildman–Crippen LogP) is 3.51. The van der Waals surface area contributed by atoms with Gasteiger partial charge in [0, 0.05) is 25.8 Å². The molecule has 0 radical (unpaired) electrons. The molecular weight excluding hydrogens is 338 g/mol. The number of hydrogen-bond acceptors (Lipinski definition) is 4. The molecule has 0 unspecified atom stereocenters. The molecule has 1 aromatic heterocycles. The Balaban J connectivity index is 1.49. The fourth-order valence-corrected chi connectivity index (χ4v) is 3.25. The fourth-order valence-electron chi connectivity index (χ4n) is 3.25. The largest absolute Gasteiger partial charge is 0.484 e. The highest BCUT2D eigenvalue weighted by molar-refractivity contribution is 5.98. The molecule has 0 bridgehead atoms. The minimum atomic E-state index is -0.0625. The number of amides is 1. The normalized spacial score (nSPS) is 13.2. The highest BCUT2D eigenvalue weighted by atomic mass is 16.5. The Hall–Kier alpha value is -3.34. The maximum Gasteiger partial charge on any atom is 0.265 e. The predicted molar refractivity (Wildman–Crippen MR) is 106 cm³/mol. The molecule has 1 aliphatic heterocycles. The first kappa shape index (κ1) is 17.1. The molecule has 27 heavy (non-hydrogen) atoms. The van der Waals surface area contributed by atoms with Gasteiger partial charge in [0.15, 0.2) is 12.4 Å². The Morgan fingerprint density at radius 2 is 1.67 bits per heavy atom. The smallest absolute Gasteiger partial charge is 0.265 e. The number of nitrogens with zero attached hydrogens (tertiary/aromatic N) is 3. The van der Waals surface area contributed by atoms with Gasteiger partial charge in [-0.1, -0.05) is 48.5 Å². The van der Waals surface area contributed by atoms with Crippen molar-refractivity contribution in [3.8, 4) is 5.75 Å². The van der Waals surface area contributed by atoms with E-state index >= 15 is 0 Å². The van der Waals surface area contributed by atoms with Gasteiger partial charge in [-0.3, -0.25) is 4.79 Å². The number of carbonyl (C=O) groups excluding carboxylic acids is 1. The first-order valence-corrected chi connectivity index (χ1v) is 9.03. The summed E-state index contributed by atoms with van der Waals surface area (Å²) in [4.78, 5) is 21.3. The van der Waals surface area contributed by atoms with Crippen LogP contribution >= 0.6 is 0 Å². The van der Waals surface area contributed by atoms with E-state index in [1.165, 1.54) is 5.56 Å². The van der Waals surface area contributed by atoms with Gasteiger partial charge < -0.3 is 14.5 Å². The molecule has 0 atom stereocenters. The number of para-hydroxylation sites is 1. The third-order valence-corrected chi connectivity index (χ3v) is 4.57. The lowest BCUT2D eigenvalue weighted by atomic mass is 10.1. The van der Waals surface area contributed by atoms with E-state index < -0.39 is 0 Å². The SMILES string of the molecule is O=C(COc1ccccc1)N1CCN(Cc2ccccc2)c2ncccc21. The van der Waals surface area contributed by atoms with Crippen LogP contribution in [0.3, 0.4) is 0 Å². The molecule has 0 saturated carbocycles. The molecule has 0 fully saturated rings. The highest BCUT2D eigenvalue weighted by Gasteiger charge is 2.27. The van der Waals surface area contributed by atoms with Gasteiger partial charge in [0.2, 0.25) is 0 Å². The molecule has 3 aromatic rings. The van der Waals surface area contributed by atoms with E-state index in [4.69, 9.17) is 4.74 Å². The van der Waals surface area contributed by atoms with E-state index in [1.54, 1.807) is 11.1 Å². The average Bonchev–Trinajstić information content (AvgIpc) is 2.74. The number of rotatable bonds is 5. The Morgan fingerprint density at radius 1 is 0.926 bits per heavy atom. The van der Waals surface area contributed by atoms with Crippen molar-refractivity contribution in [1.29, 1.82) is 0 Å². The van der Waals surface area contributed by atoms with E-state index in [1.807, 2.05) is 60.7 Å². The van der Waals surface area contributed by atoms with E-state index in [9.17, 15) is 4.79 Å². The third kappa shape index (κ3) is 3.92. The lowest BCUT2D eigenvalue weighted by Gasteiger charge is -2.36. The molecule has 0 N–H and O–H groups in total. The van der Waals surface area contributed by atoms with Gasteiger partial charge in [0.25, 0.3) is 5.91 Å². The standard InChI is InChI=1S/C22H21N3O2/c26-21(17-27-19-10-5-2-6-11-19)25-15-14-24(16-18-8-3-1-4-9-18)22-20(25)12-7-13-23-22/h1-13H,14-17H2. The van der Waals surface area contributed by atoms with E-state index in [2.05, 4.69) is 22.0 Å². The Bertz CT molecular complexity index is 900. The molecule has 1 aliphatic rings. The minimum absolute atomic E-state index is 0.0109. The maximum atomic E-state index is 12.8. The summed E-state index contributed by atoms with van der Waals surface area (Å²) >= 11 is 0. The summed E-state index contributed by atoms with van der Waals surface area (Å²) in [5.74, 6) is 1.47. The summed E-state index contributed by atoms with van der Waals surface area (Å²) in [5, 5.41) is 0. The quantitative estimate of drug-likeness (QED) is 0.699. The van der Waals surface area contributed by atoms with Gasteiger partial charge in [-0.2, -0.15) is 0 Å². The van der Waals surface area contributed by atoms with Crippen molar-refractivity contribution >= 4 is 17.4 Å². The summed E-state index contributed by atoms with van der Waals surface area (Å²) in [5.41, 5.74) is 2.06. The van der Waals surface area contributed by atoms with Gasteiger partial charge in [0.1, 0.15) is 5.75 Å². The van der Waals surface area contributed by atoms with Crippen molar-refractivity contribution in [3.05, 3.63) is 84.6 Å². The Morgan fingerprint density at radius 3 is 2.44 bits per heavy atom. The molecule has 2 aromatic carbocycles. The highest BCUT2D eigenvalue weighted by Crippen LogP contribution is 2.31. The van der Waals surface area contributed by atoms with Crippen LogP contribution in [-0.2, 0) is 11.3 Å².